The highest BCUT2D eigenvalue weighted by Gasteiger charge is 2.54. The van der Waals surface area contributed by atoms with E-state index in [9.17, 15) is 4.79 Å². The van der Waals surface area contributed by atoms with E-state index in [0.29, 0.717) is 35.3 Å². The topological polar surface area (TPSA) is 129 Å². The molecule has 4 aromatic rings. The molecule has 45 heavy (non-hydrogen) atoms. The number of hydrogen-bond acceptors (Lipinski definition) is 6. The normalized spacial score (nSPS) is 17.1. The van der Waals surface area contributed by atoms with Gasteiger partial charge < -0.3 is 19.9 Å². The Morgan fingerprint density at radius 3 is 2.42 bits per heavy atom. The number of ether oxygens (including phenoxy) is 2. The quantitative estimate of drug-likeness (QED) is 0.0653. The Kier molecular flexibility index (Phi) is 10.8. The predicted octanol–water partition coefficient (Wildman–Crippen LogP) is 7.49. The van der Waals surface area contributed by atoms with Crippen molar-refractivity contribution in [3.8, 4) is 5.75 Å². The predicted molar refractivity (Wildman–Crippen MR) is 177 cm³/mol. The number of nitrogens with zero attached hydrogens (tertiary/aromatic N) is 4. The number of halogens is 2. The lowest BCUT2D eigenvalue weighted by molar-refractivity contribution is -0.129. The zero-order chi connectivity index (χ0) is 31.6. The molecule has 0 spiro atoms. The molecule has 4 aromatic carbocycles. The van der Waals surface area contributed by atoms with Gasteiger partial charge in [0, 0.05) is 51.5 Å². The number of carbonyl (C=O) groups excluding carboxylic acids is 1. The second-order valence-corrected chi connectivity index (χ2v) is 11.7. The van der Waals surface area contributed by atoms with Crippen LogP contribution in [0.1, 0.15) is 40.3 Å². The Bertz CT molecular complexity index is 1730. The smallest absolute Gasteiger partial charge is 0.252 e. The Hall–Kier alpha value is -4.34. The molecule has 9 nitrogen and oxygen atoms in total. The fraction of sp³-hybridized carbons (Fsp3) is 0.235. The van der Waals surface area contributed by atoms with Crippen molar-refractivity contribution in [2.24, 2.45) is 10.1 Å². The molecule has 1 heterocycles. The van der Waals surface area contributed by atoms with Gasteiger partial charge in [0.1, 0.15) is 5.75 Å². The first-order valence-electron chi connectivity index (χ1n) is 14.4. The van der Waals surface area contributed by atoms with Crippen LogP contribution < -0.4 is 10.1 Å². The van der Waals surface area contributed by atoms with Gasteiger partial charge in [0.25, 0.3) is 5.91 Å². The minimum atomic E-state index is -1.46. The van der Waals surface area contributed by atoms with Crippen molar-refractivity contribution >= 4 is 39.3 Å². The van der Waals surface area contributed by atoms with Crippen LogP contribution in [0.25, 0.3) is 10.4 Å². The zero-order valence-electron chi connectivity index (χ0n) is 24.3. The summed E-state index contributed by atoms with van der Waals surface area (Å²) >= 11 is 10.1. The molecule has 1 amide bonds. The number of nitrogens with one attached hydrogen (secondary N) is 1. The molecule has 0 saturated heterocycles. The molecule has 0 unspecified atom stereocenters. The maximum Gasteiger partial charge on any atom is 0.252 e. The fourth-order valence-electron chi connectivity index (χ4n) is 5.20. The summed E-state index contributed by atoms with van der Waals surface area (Å²) in [5.41, 5.74) is 11.3. The van der Waals surface area contributed by atoms with Crippen LogP contribution in [0.3, 0.4) is 0 Å². The van der Waals surface area contributed by atoms with E-state index in [4.69, 9.17) is 36.7 Å². The van der Waals surface area contributed by atoms with E-state index in [1.165, 1.54) is 0 Å². The molecule has 1 aliphatic rings. The number of aliphatic imine (C=N–C) groups is 1. The summed E-state index contributed by atoms with van der Waals surface area (Å²) in [5, 5.41) is 16.5. The lowest BCUT2D eigenvalue weighted by Crippen LogP contribution is -2.50. The van der Waals surface area contributed by atoms with Gasteiger partial charge in [-0.2, -0.15) is 0 Å². The molecule has 0 bridgehead atoms. The summed E-state index contributed by atoms with van der Waals surface area (Å²) in [5.74, 6) is 0.600. The van der Waals surface area contributed by atoms with Crippen LogP contribution in [0.15, 0.2) is 112 Å². The molecule has 0 aromatic heterocycles. The van der Waals surface area contributed by atoms with E-state index >= 15 is 0 Å². The van der Waals surface area contributed by atoms with Crippen molar-refractivity contribution in [1.82, 2.24) is 5.32 Å². The Morgan fingerprint density at radius 1 is 1.02 bits per heavy atom. The first-order chi connectivity index (χ1) is 21.9. The monoisotopic (exact) mass is 687 g/mol. The van der Waals surface area contributed by atoms with Gasteiger partial charge >= 0.3 is 0 Å². The molecule has 2 N–H and O–H groups in total. The highest BCUT2D eigenvalue weighted by atomic mass is 79.9. The number of aliphatic hydroxyl groups excluding tert-OH is 1. The maximum absolute atomic E-state index is 14.6. The third kappa shape index (κ3) is 7.49. The number of carbonyl (C=O) groups is 1. The Balaban J connectivity index is 1.61. The highest BCUT2D eigenvalue weighted by molar-refractivity contribution is 9.10. The van der Waals surface area contributed by atoms with E-state index < -0.39 is 11.6 Å². The second kappa shape index (κ2) is 15.1. The summed E-state index contributed by atoms with van der Waals surface area (Å²) < 4.78 is 13.1. The molecule has 11 heteroatoms. The number of benzene rings is 4. The van der Waals surface area contributed by atoms with Gasteiger partial charge in [0.2, 0.25) is 5.90 Å². The van der Waals surface area contributed by atoms with Crippen molar-refractivity contribution in [3.05, 3.63) is 145 Å². The van der Waals surface area contributed by atoms with Crippen LogP contribution in [0.4, 0.5) is 0 Å². The summed E-state index contributed by atoms with van der Waals surface area (Å²) in [6, 6.07) is 29.7. The minimum Gasteiger partial charge on any atom is -0.494 e. The minimum absolute atomic E-state index is 0.0474. The third-order valence-corrected chi connectivity index (χ3v) is 8.59. The Morgan fingerprint density at radius 2 is 1.71 bits per heavy atom. The molecule has 2 atom stereocenters. The number of aliphatic hydroxyl groups is 1. The largest absolute Gasteiger partial charge is 0.494 e. The van der Waals surface area contributed by atoms with E-state index in [2.05, 4.69) is 31.3 Å². The highest BCUT2D eigenvalue weighted by Crippen LogP contribution is 2.45. The van der Waals surface area contributed by atoms with Crippen LogP contribution in [0.2, 0.25) is 5.02 Å². The standard InChI is InChI=1S/C34H31BrClN5O4/c35-29-12-5-4-11-28(29)31-34(20-24-8-1-2-9-25(24)22-39-41-37,33(43)38-21-26-10-3-6-13-30(26)36)40-32(45-31)23-14-16-27(17-15-23)44-19-7-18-42/h1-6,8-17,31,42H,7,18-22H2,(H,38,43)/t31-,34-/m1/s1. The molecule has 0 radical (unpaired) electrons. The van der Waals surface area contributed by atoms with Gasteiger partial charge in [0.15, 0.2) is 11.6 Å². The van der Waals surface area contributed by atoms with Gasteiger partial charge in [-0.25, -0.2) is 4.99 Å². The lowest BCUT2D eigenvalue weighted by Gasteiger charge is -2.32. The molecule has 0 saturated carbocycles. The molecule has 0 fully saturated rings. The van der Waals surface area contributed by atoms with Gasteiger partial charge in [0.05, 0.1) is 13.2 Å². The van der Waals surface area contributed by atoms with Crippen molar-refractivity contribution in [3.63, 3.8) is 0 Å². The molecular formula is C34H31BrClN5O4. The summed E-state index contributed by atoms with van der Waals surface area (Å²) in [4.78, 5) is 22.6. The average molecular weight is 689 g/mol. The summed E-state index contributed by atoms with van der Waals surface area (Å²) in [6.45, 7) is 0.750. The van der Waals surface area contributed by atoms with Crippen LogP contribution in [-0.4, -0.2) is 35.7 Å². The van der Waals surface area contributed by atoms with E-state index in [-0.39, 0.29) is 32.0 Å². The van der Waals surface area contributed by atoms with Crippen LogP contribution in [0.5, 0.6) is 5.75 Å². The van der Waals surface area contributed by atoms with E-state index in [1.54, 1.807) is 18.2 Å². The van der Waals surface area contributed by atoms with Crippen molar-refractivity contribution in [1.29, 1.82) is 0 Å². The molecule has 230 valence electrons. The van der Waals surface area contributed by atoms with Gasteiger partial charge in [-0.15, -0.1) is 0 Å². The summed E-state index contributed by atoms with van der Waals surface area (Å²) in [7, 11) is 0. The number of hydrogen-bond donors (Lipinski definition) is 2. The van der Waals surface area contributed by atoms with Crippen molar-refractivity contribution in [2.75, 3.05) is 13.2 Å². The lowest BCUT2D eigenvalue weighted by atomic mass is 9.81. The first-order valence-corrected chi connectivity index (χ1v) is 15.6. The Labute approximate surface area is 274 Å². The van der Waals surface area contributed by atoms with E-state index in [1.807, 2.05) is 78.9 Å². The van der Waals surface area contributed by atoms with Crippen molar-refractivity contribution < 1.29 is 19.4 Å². The second-order valence-electron chi connectivity index (χ2n) is 10.4. The van der Waals surface area contributed by atoms with Gasteiger partial charge in [-0.3, -0.25) is 4.79 Å². The fourth-order valence-corrected chi connectivity index (χ4v) is 5.89. The van der Waals surface area contributed by atoms with Crippen LogP contribution in [0, 0.1) is 0 Å². The first kappa shape index (κ1) is 32.1. The summed E-state index contributed by atoms with van der Waals surface area (Å²) in [6.07, 6.45) is -0.128. The number of azide groups is 1. The maximum atomic E-state index is 14.6. The van der Waals surface area contributed by atoms with Gasteiger partial charge in [-0.1, -0.05) is 93.3 Å². The molecule has 0 aliphatic carbocycles. The molecular weight excluding hydrogens is 658 g/mol. The third-order valence-electron chi connectivity index (χ3n) is 7.50. The average Bonchev–Trinajstić information content (AvgIpc) is 3.44. The van der Waals surface area contributed by atoms with Gasteiger partial charge in [-0.05, 0) is 58.6 Å². The van der Waals surface area contributed by atoms with Crippen molar-refractivity contribution in [2.45, 2.75) is 37.6 Å². The van der Waals surface area contributed by atoms with E-state index in [0.717, 1.165) is 26.7 Å². The zero-order valence-corrected chi connectivity index (χ0v) is 26.6. The number of amides is 1. The van der Waals surface area contributed by atoms with Crippen LogP contribution in [-0.2, 0) is 29.0 Å². The molecule has 5 rings (SSSR count). The molecule has 1 aliphatic heterocycles. The SMILES string of the molecule is [N-]=[N+]=NCc1ccccc1C[C@@]1(C(=O)NCc2ccccc2Cl)N=C(c2ccc(OCCCO)cc2)O[C@@H]1c1ccccc1Br. The van der Waals surface area contributed by atoms with Crippen LogP contribution >= 0.6 is 27.5 Å². The number of rotatable bonds is 13.